The van der Waals surface area contributed by atoms with Gasteiger partial charge in [0.25, 0.3) is 0 Å². The Labute approximate surface area is 141 Å². The molecule has 0 amide bonds. The van der Waals surface area contributed by atoms with Gasteiger partial charge in [-0.25, -0.2) is 15.0 Å². The molecular weight excluding hydrogens is 302 g/mol. The van der Waals surface area contributed by atoms with Crippen LogP contribution in [-0.2, 0) is 6.54 Å². The largest absolute Gasteiger partial charge is 0.451 e. The fraction of sp³-hybridized carbons (Fsp3) is 0.611. The number of likely N-dealkylation sites (tertiary alicyclic amines) is 1. The zero-order chi connectivity index (χ0) is 15.9. The fourth-order valence-corrected chi connectivity index (χ4v) is 4.41. The SMILES string of the molecule is c1nc(C2CCC2)cc(N2CC3CN(Cc4cocn4)CC3C2)n1. The smallest absolute Gasteiger partial charge is 0.180 e. The molecule has 5 rings (SSSR count). The van der Waals surface area contributed by atoms with E-state index < -0.39 is 0 Å². The Hall–Kier alpha value is -1.95. The summed E-state index contributed by atoms with van der Waals surface area (Å²) in [6.45, 7) is 5.42. The molecule has 0 spiro atoms. The van der Waals surface area contributed by atoms with Gasteiger partial charge in [-0.15, -0.1) is 0 Å². The molecule has 2 aliphatic heterocycles. The van der Waals surface area contributed by atoms with Crippen LogP contribution < -0.4 is 4.90 Å². The molecule has 0 bridgehead atoms. The second-order valence-electron chi connectivity index (χ2n) is 7.53. The maximum atomic E-state index is 5.08. The van der Waals surface area contributed by atoms with E-state index in [1.165, 1.54) is 31.4 Å². The van der Waals surface area contributed by atoms with Crippen LogP contribution in [0.15, 0.2) is 29.5 Å². The lowest BCUT2D eigenvalue weighted by Gasteiger charge is -2.26. The summed E-state index contributed by atoms with van der Waals surface area (Å²) in [5.41, 5.74) is 2.28. The summed E-state index contributed by atoms with van der Waals surface area (Å²) < 4.78 is 5.08. The topological polar surface area (TPSA) is 58.3 Å². The molecule has 1 aliphatic carbocycles. The van der Waals surface area contributed by atoms with Crippen LogP contribution >= 0.6 is 0 Å². The van der Waals surface area contributed by atoms with Crippen molar-refractivity contribution in [3.8, 4) is 0 Å². The lowest BCUT2D eigenvalue weighted by molar-refractivity contribution is 0.304. The first-order chi connectivity index (χ1) is 11.8. The van der Waals surface area contributed by atoms with Crippen molar-refractivity contribution in [3.05, 3.63) is 36.4 Å². The minimum atomic E-state index is 0.673. The van der Waals surface area contributed by atoms with Crippen LogP contribution in [0.25, 0.3) is 0 Å². The number of rotatable bonds is 4. The molecule has 6 heteroatoms. The summed E-state index contributed by atoms with van der Waals surface area (Å²) in [6, 6.07) is 2.23. The number of fused-ring (bicyclic) bond motifs is 1. The minimum absolute atomic E-state index is 0.673. The molecule has 0 N–H and O–H groups in total. The van der Waals surface area contributed by atoms with Crippen molar-refractivity contribution in [3.63, 3.8) is 0 Å². The van der Waals surface area contributed by atoms with Gasteiger partial charge in [0, 0.05) is 50.4 Å². The zero-order valence-corrected chi connectivity index (χ0v) is 13.8. The van der Waals surface area contributed by atoms with E-state index in [9.17, 15) is 0 Å². The molecular formula is C18H23N5O. The zero-order valence-electron chi connectivity index (χ0n) is 13.8. The van der Waals surface area contributed by atoms with Crippen LogP contribution in [0.4, 0.5) is 5.82 Å². The number of nitrogens with zero attached hydrogens (tertiary/aromatic N) is 5. The van der Waals surface area contributed by atoms with Crippen molar-refractivity contribution in [1.29, 1.82) is 0 Å². The molecule has 2 aromatic rings. The summed E-state index contributed by atoms with van der Waals surface area (Å²) in [4.78, 5) is 18.3. The predicted octanol–water partition coefficient (Wildman–Crippen LogP) is 2.30. The highest BCUT2D eigenvalue weighted by molar-refractivity contribution is 5.42. The highest BCUT2D eigenvalue weighted by atomic mass is 16.3. The van der Waals surface area contributed by atoms with Gasteiger partial charge in [0.1, 0.15) is 18.4 Å². The molecule has 0 aromatic carbocycles. The molecule has 126 valence electrons. The molecule has 24 heavy (non-hydrogen) atoms. The van der Waals surface area contributed by atoms with Gasteiger partial charge in [0.15, 0.2) is 6.39 Å². The van der Waals surface area contributed by atoms with Crippen LogP contribution in [-0.4, -0.2) is 46.0 Å². The first kappa shape index (κ1) is 14.4. The lowest BCUT2D eigenvalue weighted by Crippen LogP contribution is -2.29. The summed E-state index contributed by atoms with van der Waals surface area (Å²) in [5, 5.41) is 0. The summed E-state index contributed by atoms with van der Waals surface area (Å²) >= 11 is 0. The van der Waals surface area contributed by atoms with Gasteiger partial charge in [-0.1, -0.05) is 6.42 Å². The van der Waals surface area contributed by atoms with Crippen molar-refractivity contribution in [1.82, 2.24) is 19.9 Å². The average molecular weight is 325 g/mol. The van der Waals surface area contributed by atoms with Crippen LogP contribution in [0.5, 0.6) is 0 Å². The van der Waals surface area contributed by atoms with Crippen LogP contribution in [0, 0.1) is 11.8 Å². The highest BCUT2D eigenvalue weighted by Crippen LogP contribution is 2.37. The van der Waals surface area contributed by atoms with Crippen molar-refractivity contribution in [2.75, 3.05) is 31.1 Å². The quantitative estimate of drug-likeness (QED) is 0.860. The molecule has 2 aromatic heterocycles. The highest BCUT2D eigenvalue weighted by Gasteiger charge is 2.40. The third-order valence-corrected chi connectivity index (χ3v) is 5.95. The second kappa shape index (κ2) is 5.84. The van der Waals surface area contributed by atoms with Gasteiger partial charge in [-0.2, -0.15) is 0 Å². The van der Waals surface area contributed by atoms with E-state index in [-0.39, 0.29) is 0 Å². The number of anilines is 1. The lowest BCUT2D eigenvalue weighted by atomic mass is 9.83. The summed E-state index contributed by atoms with van der Waals surface area (Å²) in [7, 11) is 0. The molecule has 3 aliphatic rings. The standard InChI is InChI=1S/C18H23N5O/c1-2-13(3-1)17-4-18(20-11-19-17)23-7-14-5-22(6-15(14)8-23)9-16-10-24-12-21-16/h4,10-15H,1-3,5-9H2. The monoisotopic (exact) mass is 325 g/mol. The van der Waals surface area contributed by atoms with Crippen LogP contribution in [0.3, 0.4) is 0 Å². The van der Waals surface area contributed by atoms with Crippen LogP contribution in [0.1, 0.15) is 36.6 Å². The Morgan fingerprint density at radius 1 is 1.04 bits per heavy atom. The molecule has 6 nitrogen and oxygen atoms in total. The third-order valence-electron chi connectivity index (χ3n) is 5.95. The number of hydrogen-bond acceptors (Lipinski definition) is 6. The maximum absolute atomic E-state index is 5.08. The first-order valence-electron chi connectivity index (χ1n) is 9.01. The van der Waals surface area contributed by atoms with E-state index in [0.717, 1.165) is 56.1 Å². The molecule has 0 radical (unpaired) electrons. The molecule has 3 fully saturated rings. The Kier molecular flexibility index (Phi) is 3.51. The van der Waals surface area contributed by atoms with Crippen LogP contribution in [0.2, 0.25) is 0 Å². The Morgan fingerprint density at radius 3 is 2.54 bits per heavy atom. The van der Waals surface area contributed by atoms with E-state index in [4.69, 9.17) is 4.42 Å². The van der Waals surface area contributed by atoms with Crippen molar-refractivity contribution >= 4 is 5.82 Å². The minimum Gasteiger partial charge on any atom is -0.451 e. The molecule has 1 saturated carbocycles. The Morgan fingerprint density at radius 2 is 1.88 bits per heavy atom. The van der Waals surface area contributed by atoms with Gasteiger partial charge >= 0.3 is 0 Å². The summed E-state index contributed by atoms with van der Waals surface area (Å²) in [5.74, 6) is 3.27. The molecule has 2 atom stereocenters. The van der Waals surface area contributed by atoms with Crippen molar-refractivity contribution < 1.29 is 4.42 Å². The first-order valence-corrected chi connectivity index (χ1v) is 9.01. The third kappa shape index (κ3) is 2.59. The fourth-order valence-electron chi connectivity index (χ4n) is 4.41. The average Bonchev–Trinajstić information content (AvgIpc) is 3.22. The number of hydrogen-bond donors (Lipinski definition) is 0. The number of oxazole rings is 1. The summed E-state index contributed by atoms with van der Waals surface area (Å²) in [6.07, 6.45) is 8.96. The Balaban J connectivity index is 1.23. The number of aromatic nitrogens is 3. The van der Waals surface area contributed by atoms with E-state index in [1.807, 2.05) is 0 Å². The van der Waals surface area contributed by atoms with Crippen molar-refractivity contribution in [2.24, 2.45) is 11.8 Å². The van der Waals surface area contributed by atoms with E-state index >= 15 is 0 Å². The molecule has 2 unspecified atom stereocenters. The van der Waals surface area contributed by atoms with E-state index in [0.29, 0.717) is 5.92 Å². The maximum Gasteiger partial charge on any atom is 0.180 e. The van der Waals surface area contributed by atoms with Crippen molar-refractivity contribution in [2.45, 2.75) is 31.7 Å². The van der Waals surface area contributed by atoms with E-state index in [2.05, 4.69) is 30.8 Å². The van der Waals surface area contributed by atoms with Gasteiger partial charge in [-0.05, 0) is 24.7 Å². The Bertz CT molecular complexity index is 685. The second-order valence-corrected chi connectivity index (χ2v) is 7.53. The normalized spacial score (nSPS) is 27.4. The predicted molar refractivity (Wildman–Crippen MR) is 89.6 cm³/mol. The molecule has 2 saturated heterocycles. The van der Waals surface area contributed by atoms with Gasteiger partial charge in [0.2, 0.25) is 0 Å². The van der Waals surface area contributed by atoms with Gasteiger partial charge < -0.3 is 9.32 Å². The van der Waals surface area contributed by atoms with Gasteiger partial charge in [0.05, 0.1) is 5.69 Å². The van der Waals surface area contributed by atoms with Gasteiger partial charge in [-0.3, -0.25) is 4.90 Å². The van der Waals surface area contributed by atoms with E-state index in [1.54, 1.807) is 12.6 Å². The molecule has 4 heterocycles.